The Balaban J connectivity index is 1.46. The van der Waals surface area contributed by atoms with E-state index >= 15 is 0 Å². The molecule has 0 bridgehead atoms. The molecule has 5 aromatic rings. The van der Waals surface area contributed by atoms with Gasteiger partial charge in [-0.05, 0) is 18.2 Å². The minimum Gasteiger partial charge on any atom is -0.254 e. The highest BCUT2D eigenvalue weighted by Gasteiger charge is 2.04. The minimum absolute atomic E-state index is 0.470. The van der Waals surface area contributed by atoms with E-state index in [0.29, 0.717) is 17.2 Å². The molecule has 4 aromatic heterocycles. The molecule has 4 heterocycles. The summed E-state index contributed by atoms with van der Waals surface area (Å²) in [4.78, 5) is 25.8. The van der Waals surface area contributed by atoms with Gasteiger partial charge in [-0.2, -0.15) is 0 Å². The van der Waals surface area contributed by atoms with Crippen LogP contribution in [-0.4, -0.2) is 29.9 Å². The van der Waals surface area contributed by atoms with Crippen LogP contribution in [0.2, 0.25) is 0 Å². The first kappa shape index (κ1) is 16.0. The van der Waals surface area contributed by atoms with Crippen LogP contribution in [0.15, 0.2) is 73.6 Å². The third-order valence-corrected chi connectivity index (χ3v) is 4.19. The summed E-state index contributed by atoms with van der Waals surface area (Å²) in [6.07, 6.45) is 10.2. The Morgan fingerprint density at radius 3 is 2.04 bits per heavy atom. The van der Waals surface area contributed by atoms with Gasteiger partial charge < -0.3 is 0 Å². The van der Waals surface area contributed by atoms with Gasteiger partial charge in [-0.3, -0.25) is 9.97 Å². The second kappa shape index (κ2) is 6.82. The Bertz CT molecular complexity index is 1350. The topological polar surface area (TPSA) is 77.3 Å². The van der Waals surface area contributed by atoms with Crippen LogP contribution in [0.1, 0.15) is 11.1 Å². The number of rotatable bonds is 1. The van der Waals surface area contributed by atoms with E-state index in [1.54, 1.807) is 43.2 Å². The van der Waals surface area contributed by atoms with Crippen LogP contribution in [0.4, 0.5) is 0 Å². The molecule has 6 heteroatoms. The standard InChI is InChI=1S/C22H12N6/c1-3-17-6-7-18-11-15(12-26-20(18)19(17)23-8-1)4-5-16-13-27-22(28-14-16)21-24-9-2-10-25-21/h1-3,6-14H. The summed E-state index contributed by atoms with van der Waals surface area (Å²) in [5, 5.41) is 2.08. The third kappa shape index (κ3) is 3.02. The summed E-state index contributed by atoms with van der Waals surface area (Å²) >= 11 is 0. The van der Waals surface area contributed by atoms with E-state index in [9.17, 15) is 0 Å². The van der Waals surface area contributed by atoms with Crippen molar-refractivity contribution in [3.63, 3.8) is 0 Å². The summed E-state index contributed by atoms with van der Waals surface area (Å²) in [5.74, 6) is 7.14. The van der Waals surface area contributed by atoms with E-state index in [1.165, 1.54) is 0 Å². The molecule has 0 saturated heterocycles. The lowest BCUT2D eigenvalue weighted by Gasteiger charge is -2.02. The highest BCUT2D eigenvalue weighted by Crippen LogP contribution is 2.22. The smallest absolute Gasteiger partial charge is 0.197 e. The van der Waals surface area contributed by atoms with Crippen LogP contribution in [0.3, 0.4) is 0 Å². The van der Waals surface area contributed by atoms with Crippen molar-refractivity contribution in [2.24, 2.45) is 0 Å². The molecule has 0 N–H and O–H groups in total. The molecule has 130 valence electrons. The zero-order valence-corrected chi connectivity index (χ0v) is 14.6. The normalized spacial score (nSPS) is 10.6. The van der Waals surface area contributed by atoms with Crippen LogP contribution in [0.25, 0.3) is 33.5 Å². The molecule has 0 spiro atoms. The van der Waals surface area contributed by atoms with Gasteiger partial charge in [-0.25, -0.2) is 19.9 Å². The Morgan fingerprint density at radius 2 is 1.18 bits per heavy atom. The molecule has 0 aliphatic carbocycles. The first-order valence-corrected chi connectivity index (χ1v) is 8.62. The molecular weight excluding hydrogens is 348 g/mol. The van der Waals surface area contributed by atoms with Crippen molar-refractivity contribution in [2.75, 3.05) is 0 Å². The Morgan fingerprint density at radius 1 is 0.536 bits per heavy atom. The molecule has 0 saturated carbocycles. The summed E-state index contributed by atoms with van der Waals surface area (Å²) in [6, 6.07) is 11.8. The lowest BCUT2D eigenvalue weighted by Crippen LogP contribution is -1.94. The minimum atomic E-state index is 0.470. The van der Waals surface area contributed by atoms with Crippen molar-refractivity contribution >= 4 is 21.8 Å². The van der Waals surface area contributed by atoms with Gasteiger partial charge in [0.15, 0.2) is 11.6 Å². The lowest BCUT2D eigenvalue weighted by molar-refractivity contribution is 1.07. The fourth-order valence-electron chi connectivity index (χ4n) is 2.87. The molecule has 0 radical (unpaired) electrons. The van der Waals surface area contributed by atoms with Crippen LogP contribution >= 0.6 is 0 Å². The second-order valence-corrected chi connectivity index (χ2v) is 6.05. The Kier molecular flexibility index (Phi) is 3.89. The SMILES string of the molecule is C(#Cc1cnc2c(ccc3cccnc32)c1)c1cnc(-c2ncccn2)nc1. The second-order valence-electron chi connectivity index (χ2n) is 6.05. The van der Waals surface area contributed by atoms with Crippen molar-refractivity contribution < 1.29 is 0 Å². The van der Waals surface area contributed by atoms with Crippen LogP contribution in [0.5, 0.6) is 0 Å². The van der Waals surface area contributed by atoms with Crippen LogP contribution in [-0.2, 0) is 0 Å². The van der Waals surface area contributed by atoms with Gasteiger partial charge >= 0.3 is 0 Å². The first-order valence-electron chi connectivity index (χ1n) is 8.62. The molecule has 1 aromatic carbocycles. The molecular formula is C22H12N6. The summed E-state index contributed by atoms with van der Waals surface area (Å²) in [7, 11) is 0. The zero-order valence-electron chi connectivity index (χ0n) is 14.6. The molecule has 0 atom stereocenters. The highest BCUT2D eigenvalue weighted by atomic mass is 15.0. The summed E-state index contributed by atoms with van der Waals surface area (Å²) < 4.78 is 0. The number of hydrogen-bond donors (Lipinski definition) is 0. The number of hydrogen-bond acceptors (Lipinski definition) is 6. The number of nitrogens with zero attached hydrogens (tertiary/aromatic N) is 6. The average Bonchev–Trinajstić information content (AvgIpc) is 2.78. The van der Waals surface area contributed by atoms with Crippen molar-refractivity contribution in [1.29, 1.82) is 0 Å². The molecule has 5 rings (SSSR count). The van der Waals surface area contributed by atoms with E-state index in [1.807, 2.05) is 30.3 Å². The fraction of sp³-hybridized carbons (Fsp3) is 0. The maximum absolute atomic E-state index is 4.56. The maximum Gasteiger partial charge on any atom is 0.197 e. The predicted octanol–water partition coefficient (Wildman–Crippen LogP) is 3.43. The van der Waals surface area contributed by atoms with Crippen molar-refractivity contribution in [3.8, 4) is 23.5 Å². The van der Waals surface area contributed by atoms with E-state index in [2.05, 4.69) is 41.7 Å². The molecule has 0 aliphatic heterocycles. The number of fused-ring (bicyclic) bond motifs is 3. The number of benzene rings is 1. The molecule has 0 aliphatic rings. The maximum atomic E-state index is 4.56. The largest absolute Gasteiger partial charge is 0.254 e. The van der Waals surface area contributed by atoms with Gasteiger partial charge in [0.05, 0.1) is 16.6 Å². The summed E-state index contributed by atoms with van der Waals surface area (Å²) in [5.41, 5.74) is 3.30. The Labute approximate surface area is 160 Å². The zero-order chi connectivity index (χ0) is 18.8. The first-order chi connectivity index (χ1) is 13.9. The average molecular weight is 360 g/mol. The van der Waals surface area contributed by atoms with Gasteiger partial charge in [0, 0.05) is 53.5 Å². The van der Waals surface area contributed by atoms with Gasteiger partial charge in [0.25, 0.3) is 0 Å². The third-order valence-electron chi connectivity index (χ3n) is 4.19. The van der Waals surface area contributed by atoms with Gasteiger partial charge in [0.2, 0.25) is 0 Å². The predicted molar refractivity (Wildman–Crippen MR) is 106 cm³/mol. The highest BCUT2D eigenvalue weighted by molar-refractivity contribution is 6.02. The van der Waals surface area contributed by atoms with Crippen LogP contribution < -0.4 is 0 Å². The quantitative estimate of drug-likeness (QED) is 0.337. The van der Waals surface area contributed by atoms with Gasteiger partial charge in [0.1, 0.15) is 0 Å². The Hall–Kier alpha value is -4.24. The molecule has 28 heavy (non-hydrogen) atoms. The molecule has 0 amide bonds. The fourth-order valence-corrected chi connectivity index (χ4v) is 2.87. The van der Waals surface area contributed by atoms with Crippen LogP contribution in [0, 0.1) is 11.8 Å². The monoisotopic (exact) mass is 360 g/mol. The van der Waals surface area contributed by atoms with Gasteiger partial charge in [-0.1, -0.05) is 30.0 Å². The van der Waals surface area contributed by atoms with E-state index in [0.717, 1.165) is 27.4 Å². The molecule has 0 unspecified atom stereocenters. The number of aromatic nitrogens is 6. The molecule has 0 fully saturated rings. The lowest BCUT2D eigenvalue weighted by atomic mass is 10.1. The summed E-state index contributed by atoms with van der Waals surface area (Å²) in [6.45, 7) is 0. The van der Waals surface area contributed by atoms with E-state index in [-0.39, 0.29) is 0 Å². The van der Waals surface area contributed by atoms with Crippen molar-refractivity contribution in [1.82, 2.24) is 29.9 Å². The van der Waals surface area contributed by atoms with E-state index < -0.39 is 0 Å². The van der Waals surface area contributed by atoms with Crippen molar-refractivity contribution in [3.05, 3.63) is 84.7 Å². The number of pyridine rings is 2. The van der Waals surface area contributed by atoms with Gasteiger partial charge in [-0.15, -0.1) is 0 Å². The van der Waals surface area contributed by atoms with Crippen molar-refractivity contribution in [2.45, 2.75) is 0 Å². The van der Waals surface area contributed by atoms with E-state index in [4.69, 9.17) is 0 Å². The molecule has 6 nitrogen and oxygen atoms in total.